The van der Waals surface area contributed by atoms with Gasteiger partial charge >= 0.3 is 5.97 Å². The molecule has 0 radical (unpaired) electrons. The van der Waals surface area contributed by atoms with E-state index >= 15 is 0 Å². The first kappa shape index (κ1) is 39.9. The van der Waals surface area contributed by atoms with Crippen LogP contribution >= 0.6 is 0 Å². The van der Waals surface area contributed by atoms with Gasteiger partial charge in [-0.2, -0.15) is 0 Å². The summed E-state index contributed by atoms with van der Waals surface area (Å²) in [6.45, 7) is 14.9. The molecule has 4 aliphatic rings. The van der Waals surface area contributed by atoms with Crippen LogP contribution in [0.4, 0.5) is 0 Å². The molecule has 0 aromatic heterocycles. The van der Waals surface area contributed by atoms with E-state index < -0.39 is 0 Å². The lowest BCUT2D eigenvalue weighted by Crippen LogP contribution is -2.51. The fourth-order valence-electron chi connectivity index (χ4n) is 11.7. The molecule has 3 nitrogen and oxygen atoms in total. The number of fused-ring (bicyclic) bond motifs is 5. The van der Waals surface area contributed by atoms with Crippen molar-refractivity contribution < 1.29 is 14.6 Å². The number of aliphatic hydroxyl groups is 1. The van der Waals surface area contributed by atoms with Crippen molar-refractivity contribution in [2.75, 3.05) is 0 Å². The van der Waals surface area contributed by atoms with Gasteiger partial charge in [-0.15, -0.1) is 0 Å². The molecule has 0 amide bonds. The van der Waals surface area contributed by atoms with Gasteiger partial charge in [0.15, 0.2) is 0 Å². The van der Waals surface area contributed by atoms with Crippen LogP contribution in [-0.2, 0) is 9.53 Å². The van der Waals surface area contributed by atoms with Gasteiger partial charge in [0.05, 0.1) is 6.10 Å². The van der Waals surface area contributed by atoms with Gasteiger partial charge < -0.3 is 9.84 Å². The van der Waals surface area contributed by atoms with Gasteiger partial charge in [0, 0.05) is 12.8 Å². The van der Waals surface area contributed by atoms with Crippen LogP contribution in [0.2, 0.25) is 0 Å². The maximum Gasteiger partial charge on any atom is 0.306 e. The summed E-state index contributed by atoms with van der Waals surface area (Å²) in [5, 5.41) is 10.1. The number of ether oxygens (including phenoxy) is 1. The van der Waals surface area contributed by atoms with E-state index in [1.165, 1.54) is 116 Å². The Morgan fingerprint density at radius 1 is 0.792 bits per heavy atom. The van der Waals surface area contributed by atoms with Crippen LogP contribution < -0.4 is 0 Å². The Kier molecular flexibility index (Phi) is 16.4. The van der Waals surface area contributed by atoms with Gasteiger partial charge in [-0.05, 0) is 111 Å². The second-order valence-electron chi connectivity index (χ2n) is 18.5. The molecule has 3 saturated carbocycles. The number of allylic oxidation sites excluding steroid dienone is 1. The molecule has 3 fully saturated rings. The molecule has 48 heavy (non-hydrogen) atoms. The van der Waals surface area contributed by atoms with Gasteiger partial charge in [-0.3, -0.25) is 4.79 Å². The molecule has 4 aliphatic carbocycles. The Labute approximate surface area is 298 Å². The predicted octanol–water partition coefficient (Wildman–Crippen LogP) is 13.2. The summed E-state index contributed by atoms with van der Waals surface area (Å²) in [6.07, 6.45) is 34.3. The number of carbonyl (C=O) groups is 1. The van der Waals surface area contributed by atoms with E-state index in [2.05, 4.69) is 47.6 Å². The summed E-state index contributed by atoms with van der Waals surface area (Å²) in [6, 6.07) is 0. The molecule has 0 aliphatic heterocycles. The van der Waals surface area contributed by atoms with E-state index in [1.54, 1.807) is 5.57 Å². The van der Waals surface area contributed by atoms with Crippen LogP contribution in [0.3, 0.4) is 0 Å². The van der Waals surface area contributed by atoms with Crippen LogP contribution in [0.1, 0.15) is 208 Å². The molecular formula is C45H80O3. The number of carbonyl (C=O) groups excluding carboxylic acids is 1. The quantitative estimate of drug-likeness (QED) is 0.0709. The average molecular weight is 669 g/mol. The van der Waals surface area contributed by atoms with E-state index in [4.69, 9.17) is 4.74 Å². The summed E-state index contributed by atoms with van der Waals surface area (Å²) in [5.41, 5.74) is 2.50. The van der Waals surface area contributed by atoms with E-state index in [9.17, 15) is 9.90 Å². The Hall–Kier alpha value is -0.830. The van der Waals surface area contributed by atoms with E-state index in [0.717, 1.165) is 80.5 Å². The highest BCUT2D eigenvalue weighted by molar-refractivity contribution is 5.69. The lowest BCUT2D eigenvalue weighted by molar-refractivity contribution is -0.151. The maximum atomic E-state index is 12.8. The van der Waals surface area contributed by atoms with Crippen LogP contribution in [0.5, 0.6) is 0 Å². The number of esters is 1. The molecule has 278 valence electrons. The summed E-state index contributed by atoms with van der Waals surface area (Å²) in [4.78, 5) is 12.8. The first-order valence-corrected chi connectivity index (χ1v) is 21.7. The molecule has 4 rings (SSSR count). The monoisotopic (exact) mass is 669 g/mol. The van der Waals surface area contributed by atoms with Gasteiger partial charge in [-0.25, -0.2) is 0 Å². The van der Waals surface area contributed by atoms with Crippen molar-refractivity contribution in [1.82, 2.24) is 0 Å². The van der Waals surface area contributed by atoms with Crippen LogP contribution in [-0.4, -0.2) is 23.3 Å². The highest BCUT2D eigenvalue weighted by atomic mass is 16.5. The minimum Gasteiger partial charge on any atom is -0.462 e. The second-order valence-corrected chi connectivity index (χ2v) is 18.5. The Morgan fingerprint density at radius 2 is 1.46 bits per heavy atom. The zero-order valence-electron chi connectivity index (χ0n) is 32.8. The molecule has 1 N–H and O–H groups in total. The van der Waals surface area contributed by atoms with Gasteiger partial charge in [0.25, 0.3) is 0 Å². The minimum atomic E-state index is -0.0850. The van der Waals surface area contributed by atoms with Crippen molar-refractivity contribution in [3.63, 3.8) is 0 Å². The lowest BCUT2D eigenvalue weighted by atomic mass is 9.47. The van der Waals surface area contributed by atoms with Crippen molar-refractivity contribution in [1.29, 1.82) is 0 Å². The van der Waals surface area contributed by atoms with Crippen molar-refractivity contribution in [2.45, 2.75) is 221 Å². The van der Waals surface area contributed by atoms with E-state index in [-0.39, 0.29) is 18.2 Å². The standard InChI is InChI=1S/C45H80O3/c1-7-8-9-16-22-37(46)23-17-14-12-10-11-13-15-18-24-43(47)48-38-29-31-44(5)36(33-38)25-26-39-41-28-27-40(35(4)21-19-20-34(2)3)45(41,6)32-30-42(39)44/h25,34-35,37-42,46H,7-24,26-33H2,1-6H3/t35-,37?,38+,39+,40-,41+,42+,44+,45-/m1/s1. The van der Waals surface area contributed by atoms with Crippen molar-refractivity contribution in [3.8, 4) is 0 Å². The zero-order chi connectivity index (χ0) is 34.6. The third kappa shape index (κ3) is 10.8. The molecule has 0 saturated heterocycles. The number of hydrogen-bond acceptors (Lipinski definition) is 3. The number of rotatable bonds is 22. The highest BCUT2D eigenvalue weighted by Crippen LogP contribution is 2.67. The summed E-state index contributed by atoms with van der Waals surface area (Å²) in [7, 11) is 0. The molecule has 0 spiro atoms. The fraction of sp³-hybridized carbons (Fsp3) is 0.933. The number of unbranched alkanes of at least 4 members (excludes halogenated alkanes) is 10. The van der Waals surface area contributed by atoms with Crippen molar-refractivity contribution >= 4 is 5.97 Å². The average Bonchev–Trinajstić information content (AvgIpc) is 3.41. The van der Waals surface area contributed by atoms with Crippen molar-refractivity contribution in [2.24, 2.45) is 46.3 Å². The van der Waals surface area contributed by atoms with Gasteiger partial charge in [-0.1, -0.05) is 143 Å². The minimum absolute atomic E-state index is 0.0408. The van der Waals surface area contributed by atoms with Crippen molar-refractivity contribution in [3.05, 3.63) is 11.6 Å². The molecule has 0 heterocycles. The molecule has 3 heteroatoms. The maximum absolute atomic E-state index is 12.8. The highest BCUT2D eigenvalue weighted by Gasteiger charge is 2.59. The van der Waals surface area contributed by atoms with Crippen LogP contribution in [0, 0.1) is 46.3 Å². The van der Waals surface area contributed by atoms with E-state index in [0.29, 0.717) is 17.3 Å². The first-order valence-electron chi connectivity index (χ1n) is 21.7. The third-order valence-electron chi connectivity index (χ3n) is 14.6. The fourth-order valence-corrected chi connectivity index (χ4v) is 11.7. The van der Waals surface area contributed by atoms with Crippen LogP contribution in [0.25, 0.3) is 0 Å². The van der Waals surface area contributed by atoms with Gasteiger partial charge in [0.2, 0.25) is 0 Å². The Bertz CT molecular complexity index is 969. The summed E-state index contributed by atoms with van der Waals surface area (Å²) in [5.74, 6) is 5.26. The van der Waals surface area contributed by atoms with Crippen LogP contribution in [0.15, 0.2) is 11.6 Å². The second kappa shape index (κ2) is 19.7. The topological polar surface area (TPSA) is 46.5 Å². The molecule has 1 unspecified atom stereocenters. The number of hydrogen-bond donors (Lipinski definition) is 1. The molecule has 0 aromatic rings. The molecular weight excluding hydrogens is 588 g/mol. The number of aliphatic hydroxyl groups excluding tert-OH is 1. The normalized spacial score (nSPS) is 32.7. The summed E-state index contributed by atoms with van der Waals surface area (Å²) < 4.78 is 6.12. The Balaban J connectivity index is 1.10. The predicted molar refractivity (Wildman–Crippen MR) is 204 cm³/mol. The SMILES string of the molecule is CCCCCCC(O)CCCCCCCCCCC(=O)O[C@H]1CC[C@@]2(C)C(=CC[C@H]3[C@@H]4CC[C@H]([C@H](C)CCCC(C)C)[C@@]4(C)CC[C@@H]32)C1. The summed E-state index contributed by atoms with van der Waals surface area (Å²) >= 11 is 0. The Morgan fingerprint density at radius 3 is 2.15 bits per heavy atom. The van der Waals surface area contributed by atoms with Gasteiger partial charge in [0.1, 0.15) is 6.10 Å². The first-order chi connectivity index (χ1) is 23.1. The van der Waals surface area contributed by atoms with E-state index in [1.807, 2.05) is 0 Å². The molecule has 0 aromatic carbocycles. The smallest absolute Gasteiger partial charge is 0.306 e. The molecule has 9 atom stereocenters. The molecule has 0 bridgehead atoms. The third-order valence-corrected chi connectivity index (χ3v) is 14.6. The zero-order valence-corrected chi connectivity index (χ0v) is 32.8. The lowest BCUT2D eigenvalue weighted by Gasteiger charge is -2.58. The largest absolute Gasteiger partial charge is 0.462 e.